The second-order valence-electron chi connectivity index (χ2n) is 3.63. The SMILES string of the molecule is CCC(CC)NS(=O)(=O)c1ccc(O)cc1. The zero-order chi connectivity index (χ0) is 12.2. The topological polar surface area (TPSA) is 66.4 Å². The van der Waals surface area contributed by atoms with Gasteiger partial charge in [-0.2, -0.15) is 0 Å². The predicted octanol–water partition coefficient (Wildman–Crippen LogP) is 1.86. The fraction of sp³-hybridized carbons (Fsp3) is 0.455. The number of aromatic hydroxyl groups is 1. The molecule has 1 aromatic rings. The summed E-state index contributed by atoms with van der Waals surface area (Å²) in [5.41, 5.74) is 0. The highest BCUT2D eigenvalue weighted by molar-refractivity contribution is 7.89. The molecule has 0 amide bonds. The van der Waals surface area contributed by atoms with Gasteiger partial charge in [-0.05, 0) is 37.1 Å². The third kappa shape index (κ3) is 3.21. The zero-order valence-electron chi connectivity index (χ0n) is 9.47. The lowest BCUT2D eigenvalue weighted by Gasteiger charge is -2.14. The first-order chi connectivity index (χ1) is 7.49. The van der Waals surface area contributed by atoms with Crippen LogP contribution >= 0.6 is 0 Å². The van der Waals surface area contributed by atoms with Gasteiger partial charge < -0.3 is 5.11 Å². The Morgan fingerprint density at radius 2 is 1.69 bits per heavy atom. The van der Waals surface area contributed by atoms with Crippen molar-refractivity contribution in [2.24, 2.45) is 0 Å². The summed E-state index contributed by atoms with van der Waals surface area (Å²) in [4.78, 5) is 0.178. The molecule has 0 spiro atoms. The molecule has 2 N–H and O–H groups in total. The second kappa shape index (κ2) is 5.32. The van der Waals surface area contributed by atoms with Crippen molar-refractivity contribution in [2.45, 2.75) is 37.6 Å². The first-order valence-corrected chi connectivity index (χ1v) is 6.79. The molecule has 0 radical (unpaired) electrons. The molecule has 0 saturated carbocycles. The Morgan fingerprint density at radius 1 is 1.19 bits per heavy atom. The molecule has 0 heterocycles. The minimum atomic E-state index is -3.46. The normalized spacial score (nSPS) is 11.9. The largest absolute Gasteiger partial charge is 0.508 e. The monoisotopic (exact) mass is 243 g/mol. The first-order valence-electron chi connectivity index (χ1n) is 5.31. The van der Waals surface area contributed by atoms with E-state index in [0.717, 1.165) is 12.8 Å². The first kappa shape index (κ1) is 13.0. The van der Waals surface area contributed by atoms with Gasteiger partial charge in [0.1, 0.15) is 5.75 Å². The summed E-state index contributed by atoms with van der Waals surface area (Å²) in [7, 11) is -3.46. The van der Waals surface area contributed by atoms with Gasteiger partial charge in [0.05, 0.1) is 4.90 Å². The molecule has 0 unspecified atom stereocenters. The molecule has 0 aromatic heterocycles. The summed E-state index contributed by atoms with van der Waals surface area (Å²) < 4.78 is 26.4. The van der Waals surface area contributed by atoms with E-state index in [1.165, 1.54) is 24.3 Å². The lowest BCUT2D eigenvalue weighted by atomic mass is 10.2. The molecule has 0 aliphatic carbocycles. The van der Waals surface area contributed by atoms with Crippen LogP contribution in [0.1, 0.15) is 26.7 Å². The van der Waals surface area contributed by atoms with Crippen molar-refractivity contribution < 1.29 is 13.5 Å². The van der Waals surface area contributed by atoms with Gasteiger partial charge in [-0.3, -0.25) is 0 Å². The van der Waals surface area contributed by atoms with Crippen LogP contribution in [0.2, 0.25) is 0 Å². The highest BCUT2D eigenvalue weighted by Crippen LogP contribution is 2.15. The smallest absolute Gasteiger partial charge is 0.240 e. The van der Waals surface area contributed by atoms with E-state index in [0.29, 0.717) is 0 Å². The van der Waals surface area contributed by atoms with Crippen LogP contribution in [0.25, 0.3) is 0 Å². The zero-order valence-corrected chi connectivity index (χ0v) is 10.3. The third-order valence-electron chi connectivity index (χ3n) is 2.45. The number of hydrogen-bond acceptors (Lipinski definition) is 3. The van der Waals surface area contributed by atoms with Crippen LogP contribution in [0.3, 0.4) is 0 Å². The minimum Gasteiger partial charge on any atom is -0.508 e. The Balaban J connectivity index is 2.89. The summed E-state index contributed by atoms with van der Waals surface area (Å²) in [5, 5.41) is 9.08. The van der Waals surface area contributed by atoms with Gasteiger partial charge in [0, 0.05) is 6.04 Å². The van der Waals surface area contributed by atoms with Crippen molar-refractivity contribution >= 4 is 10.0 Å². The summed E-state index contributed by atoms with van der Waals surface area (Å²) in [6.07, 6.45) is 1.52. The molecule has 1 aromatic carbocycles. The van der Waals surface area contributed by atoms with E-state index in [2.05, 4.69) is 4.72 Å². The number of benzene rings is 1. The van der Waals surface area contributed by atoms with Gasteiger partial charge >= 0.3 is 0 Å². The van der Waals surface area contributed by atoms with Gasteiger partial charge in [-0.1, -0.05) is 13.8 Å². The summed E-state index contributed by atoms with van der Waals surface area (Å²) >= 11 is 0. The lowest BCUT2D eigenvalue weighted by Crippen LogP contribution is -2.33. The van der Waals surface area contributed by atoms with E-state index in [1.807, 2.05) is 13.8 Å². The van der Waals surface area contributed by atoms with Crippen molar-refractivity contribution in [3.63, 3.8) is 0 Å². The number of nitrogens with one attached hydrogen (secondary N) is 1. The van der Waals surface area contributed by atoms with Crippen LogP contribution in [0.15, 0.2) is 29.2 Å². The minimum absolute atomic E-state index is 0.0428. The van der Waals surface area contributed by atoms with E-state index in [4.69, 9.17) is 5.11 Å². The van der Waals surface area contributed by atoms with Crippen molar-refractivity contribution in [3.8, 4) is 5.75 Å². The molecular formula is C11H17NO3S. The lowest BCUT2D eigenvalue weighted by molar-refractivity contribution is 0.474. The van der Waals surface area contributed by atoms with Gasteiger partial charge in [-0.25, -0.2) is 13.1 Å². The summed E-state index contributed by atoms with van der Waals surface area (Å²) in [6, 6.07) is 5.46. The van der Waals surface area contributed by atoms with Crippen LogP contribution in [-0.4, -0.2) is 19.6 Å². The predicted molar refractivity (Wildman–Crippen MR) is 62.8 cm³/mol. The summed E-state index contributed by atoms with van der Waals surface area (Å²) in [6.45, 7) is 3.88. The number of phenolic OH excluding ortho intramolecular Hbond substituents is 1. The van der Waals surface area contributed by atoms with E-state index in [1.54, 1.807) is 0 Å². The van der Waals surface area contributed by atoms with Crippen LogP contribution in [-0.2, 0) is 10.0 Å². The molecule has 0 aliphatic rings. The van der Waals surface area contributed by atoms with E-state index in [-0.39, 0.29) is 16.7 Å². The van der Waals surface area contributed by atoms with Crippen LogP contribution in [0.5, 0.6) is 5.75 Å². The van der Waals surface area contributed by atoms with E-state index >= 15 is 0 Å². The maximum absolute atomic E-state index is 11.9. The number of phenols is 1. The second-order valence-corrected chi connectivity index (χ2v) is 5.34. The Morgan fingerprint density at radius 3 is 2.12 bits per heavy atom. The summed E-state index contributed by atoms with van der Waals surface area (Å²) in [5.74, 6) is 0.0569. The molecular weight excluding hydrogens is 226 g/mol. The molecule has 1 rings (SSSR count). The van der Waals surface area contributed by atoms with Crippen molar-refractivity contribution in [1.29, 1.82) is 0 Å². The Kier molecular flexibility index (Phi) is 4.32. The maximum atomic E-state index is 11.9. The highest BCUT2D eigenvalue weighted by atomic mass is 32.2. The van der Waals surface area contributed by atoms with Crippen molar-refractivity contribution in [1.82, 2.24) is 4.72 Å². The van der Waals surface area contributed by atoms with Gasteiger partial charge in [0.2, 0.25) is 10.0 Å². The van der Waals surface area contributed by atoms with Crippen LogP contribution < -0.4 is 4.72 Å². The van der Waals surface area contributed by atoms with Gasteiger partial charge in [-0.15, -0.1) is 0 Å². The number of sulfonamides is 1. The Bertz CT molecular complexity index is 421. The van der Waals surface area contributed by atoms with Crippen molar-refractivity contribution in [3.05, 3.63) is 24.3 Å². The highest BCUT2D eigenvalue weighted by Gasteiger charge is 2.17. The molecule has 0 bridgehead atoms. The molecule has 0 aliphatic heterocycles. The standard InChI is InChI=1S/C11H17NO3S/c1-3-9(4-2)12-16(14,15)11-7-5-10(13)6-8-11/h5-9,12-13H,3-4H2,1-2H3. The van der Waals surface area contributed by atoms with Gasteiger partial charge in [0.25, 0.3) is 0 Å². The van der Waals surface area contributed by atoms with E-state index < -0.39 is 10.0 Å². The number of rotatable bonds is 5. The Hall–Kier alpha value is -1.07. The van der Waals surface area contributed by atoms with Crippen LogP contribution in [0, 0.1) is 0 Å². The molecule has 0 atom stereocenters. The van der Waals surface area contributed by atoms with E-state index in [9.17, 15) is 8.42 Å². The van der Waals surface area contributed by atoms with Gasteiger partial charge in [0.15, 0.2) is 0 Å². The molecule has 0 saturated heterocycles. The number of hydrogen-bond donors (Lipinski definition) is 2. The average Bonchev–Trinajstić information content (AvgIpc) is 2.26. The van der Waals surface area contributed by atoms with Crippen molar-refractivity contribution in [2.75, 3.05) is 0 Å². The molecule has 5 heteroatoms. The fourth-order valence-corrected chi connectivity index (χ4v) is 2.77. The molecule has 90 valence electrons. The maximum Gasteiger partial charge on any atom is 0.240 e. The fourth-order valence-electron chi connectivity index (χ4n) is 1.37. The third-order valence-corrected chi connectivity index (χ3v) is 3.99. The quantitative estimate of drug-likeness (QED) is 0.829. The van der Waals surface area contributed by atoms with Crippen LogP contribution in [0.4, 0.5) is 0 Å². The molecule has 4 nitrogen and oxygen atoms in total. The average molecular weight is 243 g/mol. The Labute approximate surface area is 96.4 Å². The molecule has 0 fully saturated rings. The molecule has 16 heavy (non-hydrogen) atoms.